The van der Waals surface area contributed by atoms with E-state index >= 15 is 0 Å². The molecule has 23 heavy (non-hydrogen) atoms. The summed E-state index contributed by atoms with van der Waals surface area (Å²) in [7, 11) is -1.64. The molecule has 0 bridgehead atoms. The van der Waals surface area contributed by atoms with Gasteiger partial charge in [-0.2, -0.15) is 0 Å². The van der Waals surface area contributed by atoms with Gasteiger partial charge in [0.1, 0.15) is 5.73 Å². The van der Waals surface area contributed by atoms with Gasteiger partial charge in [0.2, 0.25) is 0 Å². The van der Waals surface area contributed by atoms with E-state index < -0.39 is 8.07 Å². The summed E-state index contributed by atoms with van der Waals surface area (Å²) in [6.45, 7) is 17.4. The van der Waals surface area contributed by atoms with Gasteiger partial charge in [0, 0.05) is 12.1 Å². The average Bonchev–Trinajstić information content (AvgIpc) is 2.58. The summed E-state index contributed by atoms with van der Waals surface area (Å²) in [5.74, 6) is 0. The number of hydrogen-bond acceptors (Lipinski definition) is 2. The van der Waals surface area contributed by atoms with Gasteiger partial charge in [0.25, 0.3) is 0 Å². The molecule has 0 aromatic carbocycles. The van der Waals surface area contributed by atoms with Crippen LogP contribution in [0.5, 0.6) is 0 Å². The molecular weight excluding hydrogens is 302 g/mol. The van der Waals surface area contributed by atoms with E-state index in [0.29, 0.717) is 0 Å². The normalized spacial score (nSPS) is 18.2. The van der Waals surface area contributed by atoms with Gasteiger partial charge in [-0.25, -0.2) is 4.79 Å². The van der Waals surface area contributed by atoms with Crippen LogP contribution in [0.3, 0.4) is 0 Å². The van der Waals surface area contributed by atoms with E-state index in [1.54, 1.807) is 0 Å². The fourth-order valence-corrected chi connectivity index (χ4v) is 5.45. The Balaban J connectivity index is 3.06. The van der Waals surface area contributed by atoms with E-state index in [1.165, 1.54) is 30.4 Å². The molecule has 0 unspecified atom stereocenters. The smallest absolute Gasteiger partial charge is 0.410 e. The molecule has 0 heterocycles. The van der Waals surface area contributed by atoms with Gasteiger partial charge < -0.3 is 9.64 Å². The van der Waals surface area contributed by atoms with E-state index in [2.05, 4.69) is 54.3 Å². The number of amides is 1. The van der Waals surface area contributed by atoms with Crippen LogP contribution in [-0.4, -0.2) is 36.9 Å². The second kappa shape index (κ2) is 8.36. The van der Waals surface area contributed by atoms with Crippen molar-refractivity contribution < 1.29 is 9.53 Å². The Morgan fingerprint density at radius 3 is 2.00 bits per heavy atom. The van der Waals surface area contributed by atoms with Crippen molar-refractivity contribution in [3.05, 3.63) is 11.1 Å². The number of carbonyl (C=O) groups excluding carboxylic acids is 1. The lowest BCUT2D eigenvalue weighted by Gasteiger charge is -2.36. The van der Waals surface area contributed by atoms with Crippen molar-refractivity contribution in [3.63, 3.8) is 0 Å². The Hall–Kier alpha value is -0.773. The molecule has 4 heteroatoms. The van der Waals surface area contributed by atoms with Crippen LogP contribution in [0.2, 0.25) is 19.6 Å². The SMILES string of the molecule is CC1=C([C@H](OC(=O)N(C(C)C)C(C)C)[Si](C)(C)C)CCCCC1. The zero-order chi connectivity index (χ0) is 17.8. The molecule has 134 valence electrons. The van der Waals surface area contributed by atoms with E-state index in [9.17, 15) is 4.79 Å². The van der Waals surface area contributed by atoms with Crippen LogP contribution >= 0.6 is 0 Å². The lowest BCUT2D eigenvalue weighted by molar-refractivity contribution is 0.0733. The van der Waals surface area contributed by atoms with Gasteiger partial charge in [-0.05, 0) is 65.9 Å². The minimum atomic E-state index is -1.64. The molecule has 1 atom stereocenters. The molecule has 0 saturated heterocycles. The molecule has 1 rings (SSSR count). The number of rotatable bonds is 5. The molecular formula is C19H37NO2Si. The van der Waals surface area contributed by atoms with Crippen LogP contribution in [0.15, 0.2) is 11.1 Å². The van der Waals surface area contributed by atoms with Crippen molar-refractivity contribution in [1.82, 2.24) is 4.90 Å². The molecule has 0 spiro atoms. The van der Waals surface area contributed by atoms with Crippen molar-refractivity contribution >= 4 is 14.2 Å². The Bertz CT molecular complexity index is 427. The summed E-state index contributed by atoms with van der Waals surface area (Å²) >= 11 is 0. The van der Waals surface area contributed by atoms with Crippen molar-refractivity contribution in [1.29, 1.82) is 0 Å². The fraction of sp³-hybridized carbons (Fsp3) is 0.842. The first-order valence-corrected chi connectivity index (χ1v) is 12.8. The van der Waals surface area contributed by atoms with Crippen LogP contribution in [-0.2, 0) is 4.74 Å². The van der Waals surface area contributed by atoms with Gasteiger partial charge in [-0.1, -0.05) is 31.6 Å². The van der Waals surface area contributed by atoms with Gasteiger partial charge in [0.05, 0.1) is 8.07 Å². The summed E-state index contributed by atoms with van der Waals surface area (Å²) in [5.41, 5.74) is 2.89. The molecule has 1 amide bonds. The minimum absolute atomic E-state index is 0.00750. The van der Waals surface area contributed by atoms with Crippen molar-refractivity contribution in [2.45, 2.75) is 104 Å². The summed E-state index contributed by atoms with van der Waals surface area (Å²) in [6, 6.07) is 0.322. The standard InChI is InChI=1S/C19H37NO2Si/c1-14(2)20(15(3)4)19(21)22-18(23(6,7)8)17-13-11-9-10-12-16(17)5/h14-15,18H,9-13H2,1-8H3/t18-/m1/s1. The van der Waals surface area contributed by atoms with E-state index in [1.807, 2.05) is 4.90 Å². The summed E-state index contributed by atoms with van der Waals surface area (Å²) in [6.07, 6.45) is 5.89. The van der Waals surface area contributed by atoms with Crippen LogP contribution in [0.25, 0.3) is 0 Å². The highest BCUT2D eigenvalue weighted by Crippen LogP contribution is 2.32. The van der Waals surface area contributed by atoms with Crippen LogP contribution in [0.4, 0.5) is 4.79 Å². The van der Waals surface area contributed by atoms with Gasteiger partial charge >= 0.3 is 6.09 Å². The van der Waals surface area contributed by atoms with Crippen LogP contribution in [0, 0.1) is 0 Å². The predicted molar refractivity (Wildman–Crippen MR) is 102 cm³/mol. The monoisotopic (exact) mass is 339 g/mol. The Labute approximate surface area is 144 Å². The first kappa shape index (κ1) is 20.3. The number of allylic oxidation sites excluding steroid dienone is 1. The summed E-state index contributed by atoms with van der Waals surface area (Å²) in [5, 5.41) is 0. The molecule has 1 aliphatic carbocycles. The third kappa shape index (κ3) is 5.66. The maximum absolute atomic E-state index is 12.8. The van der Waals surface area contributed by atoms with Gasteiger partial charge in [0.15, 0.2) is 0 Å². The van der Waals surface area contributed by atoms with Gasteiger partial charge in [-0.15, -0.1) is 0 Å². The zero-order valence-corrected chi connectivity index (χ0v) is 17.5. The Morgan fingerprint density at radius 1 is 1.00 bits per heavy atom. The average molecular weight is 340 g/mol. The molecule has 0 fully saturated rings. The minimum Gasteiger partial charge on any atom is -0.446 e. The molecule has 1 aliphatic rings. The maximum Gasteiger partial charge on any atom is 0.410 e. The molecule has 0 saturated carbocycles. The maximum atomic E-state index is 12.8. The van der Waals surface area contributed by atoms with E-state index in [-0.39, 0.29) is 23.9 Å². The van der Waals surface area contributed by atoms with Crippen molar-refractivity contribution in [3.8, 4) is 0 Å². The quantitative estimate of drug-likeness (QED) is 0.470. The highest BCUT2D eigenvalue weighted by atomic mass is 28.3. The lowest BCUT2D eigenvalue weighted by atomic mass is 10.1. The van der Waals surface area contributed by atoms with Crippen LogP contribution in [0.1, 0.15) is 66.7 Å². The zero-order valence-electron chi connectivity index (χ0n) is 16.5. The second-order valence-electron chi connectivity index (χ2n) is 8.59. The largest absolute Gasteiger partial charge is 0.446 e. The fourth-order valence-electron chi connectivity index (χ4n) is 3.56. The van der Waals surface area contributed by atoms with E-state index in [0.717, 1.165) is 12.8 Å². The third-order valence-electron chi connectivity index (χ3n) is 4.69. The topological polar surface area (TPSA) is 29.5 Å². The molecule has 0 N–H and O–H groups in total. The highest BCUT2D eigenvalue weighted by molar-refractivity contribution is 6.78. The number of nitrogens with zero attached hydrogens (tertiary/aromatic N) is 1. The molecule has 0 aromatic rings. The third-order valence-corrected chi connectivity index (χ3v) is 6.73. The summed E-state index contributed by atoms with van der Waals surface area (Å²) in [4.78, 5) is 14.7. The number of hydrogen-bond donors (Lipinski definition) is 0. The summed E-state index contributed by atoms with van der Waals surface area (Å²) < 4.78 is 6.16. The Morgan fingerprint density at radius 2 is 1.52 bits per heavy atom. The molecule has 0 aliphatic heterocycles. The number of carbonyl (C=O) groups is 1. The highest BCUT2D eigenvalue weighted by Gasteiger charge is 2.36. The van der Waals surface area contributed by atoms with Crippen LogP contribution < -0.4 is 0 Å². The molecule has 0 radical (unpaired) electrons. The lowest BCUT2D eigenvalue weighted by Crippen LogP contribution is -2.49. The number of ether oxygens (including phenoxy) is 1. The van der Waals surface area contributed by atoms with Gasteiger partial charge in [-0.3, -0.25) is 0 Å². The van der Waals surface area contributed by atoms with Crippen molar-refractivity contribution in [2.24, 2.45) is 0 Å². The molecule has 0 aromatic heterocycles. The second-order valence-corrected chi connectivity index (χ2v) is 13.8. The molecule has 3 nitrogen and oxygen atoms in total. The van der Waals surface area contributed by atoms with Crippen molar-refractivity contribution in [2.75, 3.05) is 0 Å². The first-order valence-electron chi connectivity index (χ1n) is 9.23. The first-order chi connectivity index (χ1) is 10.6. The Kier molecular flexibility index (Phi) is 7.37. The van der Waals surface area contributed by atoms with E-state index in [4.69, 9.17) is 4.74 Å². The predicted octanol–water partition coefficient (Wildman–Crippen LogP) is 5.77.